The van der Waals surface area contributed by atoms with Crippen LogP contribution < -0.4 is 5.32 Å². The molecular formula is C13H12ClFN4O2. The van der Waals surface area contributed by atoms with Crippen LogP contribution in [0.4, 0.5) is 15.9 Å². The van der Waals surface area contributed by atoms with E-state index < -0.39 is 10.7 Å². The molecule has 1 aromatic carbocycles. The van der Waals surface area contributed by atoms with E-state index in [0.717, 1.165) is 12.5 Å². The zero-order valence-electron chi connectivity index (χ0n) is 11.1. The van der Waals surface area contributed by atoms with Gasteiger partial charge in [-0.15, -0.1) is 0 Å². The van der Waals surface area contributed by atoms with Crippen LogP contribution in [0.5, 0.6) is 0 Å². The van der Waals surface area contributed by atoms with Gasteiger partial charge in [-0.05, 0) is 24.6 Å². The van der Waals surface area contributed by atoms with E-state index >= 15 is 0 Å². The van der Waals surface area contributed by atoms with Crippen molar-refractivity contribution in [3.8, 4) is 11.3 Å². The zero-order valence-corrected chi connectivity index (χ0v) is 11.9. The number of aromatic nitrogens is 2. The summed E-state index contributed by atoms with van der Waals surface area (Å²) in [5.74, 6) is -0.461. The number of halogens is 2. The van der Waals surface area contributed by atoms with E-state index in [2.05, 4.69) is 15.3 Å². The van der Waals surface area contributed by atoms with Crippen molar-refractivity contribution < 1.29 is 9.31 Å². The maximum absolute atomic E-state index is 13.4. The summed E-state index contributed by atoms with van der Waals surface area (Å²) in [7, 11) is 0. The Kier molecular flexibility index (Phi) is 4.64. The Labute approximate surface area is 125 Å². The molecule has 1 N–H and O–H groups in total. The number of hydrogen-bond donors (Lipinski definition) is 1. The fourth-order valence-corrected chi connectivity index (χ4v) is 2.01. The summed E-state index contributed by atoms with van der Waals surface area (Å²) >= 11 is 5.99. The van der Waals surface area contributed by atoms with Crippen molar-refractivity contribution in [2.45, 2.75) is 13.3 Å². The maximum Gasteiger partial charge on any atom is 0.337 e. The second kappa shape index (κ2) is 6.45. The molecule has 0 saturated heterocycles. The summed E-state index contributed by atoms with van der Waals surface area (Å²) in [4.78, 5) is 18.5. The smallest absolute Gasteiger partial charge is 0.337 e. The molecular weight excluding hydrogens is 299 g/mol. The van der Waals surface area contributed by atoms with Gasteiger partial charge in [0.1, 0.15) is 12.1 Å². The number of benzene rings is 1. The maximum atomic E-state index is 13.4. The first kappa shape index (κ1) is 15.1. The van der Waals surface area contributed by atoms with Crippen molar-refractivity contribution in [1.29, 1.82) is 0 Å². The van der Waals surface area contributed by atoms with Crippen LogP contribution in [0.1, 0.15) is 13.3 Å². The first-order valence-corrected chi connectivity index (χ1v) is 6.61. The minimum absolute atomic E-state index is 0.0156. The van der Waals surface area contributed by atoms with Gasteiger partial charge in [0.2, 0.25) is 5.82 Å². The SMILES string of the molecule is CCCNc1ncnc(-c2cc(F)ccc2Cl)c1[N+](=O)[O-]. The summed E-state index contributed by atoms with van der Waals surface area (Å²) in [5.41, 5.74) is -0.179. The lowest BCUT2D eigenvalue weighted by Crippen LogP contribution is -2.07. The molecule has 110 valence electrons. The second-order valence-corrected chi connectivity index (χ2v) is 4.63. The highest BCUT2D eigenvalue weighted by molar-refractivity contribution is 6.33. The van der Waals surface area contributed by atoms with Crippen molar-refractivity contribution >= 4 is 23.1 Å². The quantitative estimate of drug-likeness (QED) is 0.673. The van der Waals surface area contributed by atoms with Crippen molar-refractivity contribution in [2.75, 3.05) is 11.9 Å². The predicted octanol–water partition coefficient (Wildman–Crippen LogP) is 3.67. The van der Waals surface area contributed by atoms with Crippen LogP contribution in [0.2, 0.25) is 5.02 Å². The Bertz CT molecular complexity index is 681. The monoisotopic (exact) mass is 310 g/mol. The highest BCUT2D eigenvalue weighted by Gasteiger charge is 2.25. The predicted molar refractivity (Wildman–Crippen MR) is 77.9 cm³/mol. The van der Waals surface area contributed by atoms with Gasteiger partial charge in [-0.25, -0.2) is 14.4 Å². The van der Waals surface area contributed by atoms with Gasteiger partial charge in [0.25, 0.3) is 0 Å². The van der Waals surface area contributed by atoms with E-state index in [9.17, 15) is 14.5 Å². The highest BCUT2D eigenvalue weighted by atomic mass is 35.5. The van der Waals surface area contributed by atoms with Crippen LogP contribution in [-0.4, -0.2) is 21.4 Å². The molecule has 0 aliphatic rings. The van der Waals surface area contributed by atoms with E-state index in [4.69, 9.17) is 11.6 Å². The Morgan fingerprint density at radius 2 is 2.19 bits per heavy atom. The molecule has 6 nitrogen and oxygen atoms in total. The van der Waals surface area contributed by atoms with Gasteiger partial charge in [-0.1, -0.05) is 18.5 Å². The van der Waals surface area contributed by atoms with Gasteiger partial charge >= 0.3 is 5.69 Å². The molecule has 0 amide bonds. The number of anilines is 1. The number of rotatable bonds is 5. The third kappa shape index (κ3) is 3.25. The average molecular weight is 311 g/mol. The standard InChI is InChI=1S/C13H12ClFN4O2/c1-2-5-16-13-12(19(20)21)11(17-7-18-13)9-6-8(15)3-4-10(9)14/h3-4,6-7H,2,5H2,1H3,(H,16,17,18). The van der Waals surface area contributed by atoms with Crippen molar-refractivity contribution in [1.82, 2.24) is 9.97 Å². The molecule has 21 heavy (non-hydrogen) atoms. The van der Waals surface area contributed by atoms with Crippen LogP contribution in [0, 0.1) is 15.9 Å². The van der Waals surface area contributed by atoms with Gasteiger partial charge in [-0.2, -0.15) is 0 Å². The number of nitrogens with zero attached hydrogens (tertiary/aromatic N) is 3. The summed E-state index contributed by atoms with van der Waals surface area (Å²) in [5, 5.41) is 14.4. The number of nitrogens with one attached hydrogen (secondary N) is 1. The fraction of sp³-hybridized carbons (Fsp3) is 0.231. The number of hydrogen-bond acceptors (Lipinski definition) is 5. The molecule has 1 heterocycles. The largest absolute Gasteiger partial charge is 0.364 e. The third-order valence-electron chi connectivity index (χ3n) is 2.73. The van der Waals surface area contributed by atoms with Gasteiger partial charge in [0, 0.05) is 12.1 Å². The molecule has 2 rings (SSSR count). The van der Waals surface area contributed by atoms with E-state index in [1.807, 2.05) is 6.92 Å². The molecule has 0 atom stereocenters. The molecule has 0 aliphatic heterocycles. The van der Waals surface area contributed by atoms with E-state index in [1.54, 1.807) is 0 Å². The lowest BCUT2D eigenvalue weighted by Gasteiger charge is -2.09. The molecule has 8 heteroatoms. The molecule has 0 spiro atoms. The molecule has 1 aromatic heterocycles. The minimum Gasteiger partial charge on any atom is -0.364 e. The summed E-state index contributed by atoms with van der Waals surface area (Å²) in [6.45, 7) is 2.44. The molecule has 0 bridgehead atoms. The molecule has 2 aromatic rings. The average Bonchev–Trinajstić information content (AvgIpc) is 2.47. The Hall–Kier alpha value is -2.28. The molecule has 0 fully saturated rings. The van der Waals surface area contributed by atoms with E-state index in [0.29, 0.717) is 6.54 Å². The van der Waals surface area contributed by atoms with Crippen molar-refractivity contribution in [3.63, 3.8) is 0 Å². The Morgan fingerprint density at radius 1 is 1.43 bits per heavy atom. The van der Waals surface area contributed by atoms with Crippen molar-refractivity contribution in [3.05, 3.63) is 45.5 Å². The van der Waals surface area contributed by atoms with Crippen LogP contribution in [0.15, 0.2) is 24.5 Å². The second-order valence-electron chi connectivity index (χ2n) is 4.23. The zero-order chi connectivity index (χ0) is 15.4. The molecule has 0 unspecified atom stereocenters. The van der Waals surface area contributed by atoms with Crippen LogP contribution >= 0.6 is 11.6 Å². The van der Waals surface area contributed by atoms with Gasteiger partial charge in [0.05, 0.1) is 9.95 Å². The first-order valence-electron chi connectivity index (χ1n) is 6.23. The summed E-state index contributed by atoms with van der Waals surface area (Å²) in [6, 6.07) is 3.62. The molecule has 0 radical (unpaired) electrons. The fourth-order valence-electron chi connectivity index (χ4n) is 1.80. The third-order valence-corrected chi connectivity index (χ3v) is 3.06. The minimum atomic E-state index is -0.603. The van der Waals surface area contributed by atoms with E-state index in [1.165, 1.54) is 18.5 Å². The van der Waals surface area contributed by atoms with Crippen molar-refractivity contribution in [2.24, 2.45) is 0 Å². The van der Waals surface area contributed by atoms with Crippen LogP contribution in [0.25, 0.3) is 11.3 Å². The Balaban J connectivity index is 2.62. The lowest BCUT2D eigenvalue weighted by atomic mass is 10.1. The summed E-state index contributed by atoms with van der Waals surface area (Å²) < 4.78 is 13.4. The topological polar surface area (TPSA) is 81.0 Å². The summed E-state index contributed by atoms with van der Waals surface area (Å²) in [6.07, 6.45) is 1.96. The van der Waals surface area contributed by atoms with E-state index in [-0.39, 0.29) is 27.8 Å². The van der Waals surface area contributed by atoms with Crippen LogP contribution in [-0.2, 0) is 0 Å². The highest BCUT2D eigenvalue weighted by Crippen LogP contribution is 2.36. The molecule has 0 aliphatic carbocycles. The normalized spacial score (nSPS) is 10.4. The Morgan fingerprint density at radius 3 is 2.86 bits per heavy atom. The number of nitro groups is 1. The van der Waals surface area contributed by atoms with Crippen LogP contribution in [0.3, 0.4) is 0 Å². The van der Waals surface area contributed by atoms with Gasteiger partial charge < -0.3 is 5.32 Å². The lowest BCUT2D eigenvalue weighted by molar-refractivity contribution is -0.383. The van der Waals surface area contributed by atoms with Gasteiger partial charge in [0.15, 0.2) is 5.69 Å². The van der Waals surface area contributed by atoms with Gasteiger partial charge in [-0.3, -0.25) is 10.1 Å². The molecule has 0 saturated carbocycles. The first-order chi connectivity index (χ1) is 10.0.